The zero-order valence-electron chi connectivity index (χ0n) is 13.9. The maximum absolute atomic E-state index is 13.4. The van der Waals surface area contributed by atoms with Crippen LogP contribution in [0.5, 0.6) is 0 Å². The van der Waals surface area contributed by atoms with Crippen molar-refractivity contribution in [2.75, 3.05) is 6.54 Å². The van der Waals surface area contributed by atoms with Gasteiger partial charge in [-0.15, -0.1) is 0 Å². The summed E-state index contributed by atoms with van der Waals surface area (Å²) >= 11 is 0. The van der Waals surface area contributed by atoms with Gasteiger partial charge in [0.15, 0.2) is 0 Å². The molecule has 4 rings (SSSR count). The Balaban J connectivity index is 1.67. The van der Waals surface area contributed by atoms with Gasteiger partial charge in [0.25, 0.3) is 0 Å². The number of carbonyl (C=O) groups is 1. The number of nitrogens with one attached hydrogen (secondary N) is 1. The molecule has 6 nitrogen and oxygen atoms in total. The van der Waals surface area contributed by atoms with E-state index in [1.165, 1.54) is 17.7 Å². The zero-order valence-corrected chi connectivity index (χ0v) is 13.9. The first-order valence-electron chi connectivity index (χ1n) is 8.30. The lowest BCUT2D eigenvalue weighted by Crippen LogP contribution is -2.43. The molecule has 0 radical (unpaired) electrons. The van der Waals surface area contributed by atoms with Gasteiger partial charge in [-0.1, -0.05) is 24.3 Å². The van der Waals surface area contributed by atoms with Crippen molar-refractivity contribution in [1.82, 2.24) is 14.5 Å². The highest BCUT2D eigenvalue weighted by Gasteiger charge is 2.22. The minimum absolute atomic E-state index is 0.186. The molecule has 2 aromatic carbocycles. The maximum atomic E-state index is 13.4. The summed E-state index contributed by atoms with van der Waals surface area (Å²) in [4.78, 5) is 40.8. The van der Waals surface area contributed by atoms with Crippen molar-refractivity contribution in [3.63, 3.8) is 0 Å². The summed E-state index contributed by atoms with van der Waals surface area (Å²) in [6.07, 6.45) is 0.748. The molecule has 0 saturated carbocycles. The molecule has 0 saturated heterocycles. The SMILES string of the molecule is O=C(Cn1c(=O)c(=O)[nH]c2cc(F)ccc21)N1CCc2ccccc2C1. The molecule has 0 atom stereocenters. The first-order valence-corrected chi connectivity index (χ1v) is 8.30. The largest absolute Gasteiger partial charge is 0.336 e. The number of aromatic nitrogens is 2. The standard InChI is InChI=1S/C19H16FN3O3/c20-14-5-6-16-15(9-14)21-18(25)19(26)23(16)11-17(24)22-8-7-12-3-1-2-4-13(12)10-22/h1-6,9H,7-8,10-11H2,(H,21,25). The Bertz CT molecular complexity index is 1130. The van der Waals surface area contributed by atoms with E-state index >= 15 is 0 Å². The van der Waals surface area contributed by atoms with E-state index in [-0.39, 0.29) is 18.0 Å². The molecule has 0 aliphatic carbocycles. The molecule has 132 valence electrons. The van der Waals surface area contributed by atoms with Crippen LogP contribution in [0.4, 0.5) is 4.39 Å². The van der Waals surface area contributed by atoms with E-state index in [0.29, 0.717) is 18.6 Å². The summed E-state index contributed by atoms with van der Waals surface area (Å²) in [5.41, 5.74) is 1.10. The molecule has 1 aliphatic heterocycles. The van der Waals surface area contributed by atoms with Gasteiger partial charge in [0, 0.05) is 13.1 Å². The number of hydrogen-bond donors (Lipinski definition) is 1. The Hall–Kier alpha value is -3.22. The summed E-state index contributed by atoms with van der Waals surface area (Å²) in [5.74, 6) is -0.782. The van der Waals surface area contributed by atoms with Crippen LogP contribution in [0, 0.1) is 5.82 Å². The summed E-state index contributed by atoms with van der Waals surface area (Å²) in [6, 6.07) is 11.6. The van der Waals surface area contributed by atoms with Crippen LogP contribution in [0.2, 0.25) is 0 Å². The minimum atomic E-state index is -0.875. The van der Waals surface area contributed by atoms with Crippen molar-refractivity contribution in [3.05, 3.63) is 80.1 Å². The Morgan fingerprint density at radius 2 is 1.88 bits per heavy atom. The lowest BCUT2D eigenvalue weighted by molar-refractivity contribution is -0.132. The van der Waals surface area contributed by atoms with E-state index in [1.807, 2.05) is 24.3 Å². The molecular weight excluding hydrogens is 337 g/mol. The third-order valence-electron chi connectivity index (χ3n) is 4.71. The summed E-state index contributed by atoms with van der Waals surface area (Å²) in [7, 11) is 0. The third kappa shape index (κ3) is 2.81. The highest BCUT2D eigenvalue weighted by molar-refractivity contribution is 5.80. The summed E-state index contributed by atoms with van der Waals surface area (Å²) < 4.78 is 14.5. The number of aromatic amines is 1. The molecule has 26 heavy (non-hydrogen) atoms. The number of hydrogen-bond acceptors (Lipinski definition) is 3. The maximum Gasteiger partial charge on any atom is 0.317 e. The van der Waals surface area contributed by atoms with Gasteiger partial charge in [-0.2, -0.15) is 0 Å². The van der Waals surface area contributed by atoms with Crippen LogP contribution >= 0.6 is 0 Å². The normalized spacial score (nSPS) is 13.7. The van der Waals surface area contributed by atoms with Gasteiger partial charge in [-0.3, -0.25) is 19.0 Å². The van der Waals surface area contributed by atoms with Gasteiger partial charge in [0.2, 0.25) is 5.91 Å². The topological polar surface area (TPSA) is 75.2 Å². The Kier molecular flexibility index (Phi) is 3.91. The average molecular weight is 353 g/mol. The van der Waals surface area contributed by atoms with Gasteiger partial charge >= 0.3 is 11.1 Å². The average Bonchev–Trinajstić information content (AvgIpc) is 2.64. The summed E-state index contributed by atoms with van der Waals surface area (Å²) in [6.45, 7) is 0.771. The number of H-pyrrole nitrogens is 1. The lowest BCUT2D eigenvalue weighted by atomic mass is 10.00. The van der Waals surface area contributed by atoms with Gasteiger partial charge < -0.3 is 9.88 Å². The number of benzene rings is 2. The summed E-state index contributed by atoms with van der Waals surface area (Å²) in [5, 5.41) is 0. The van der Waals surface area contributed by atoms with E-state index in [0.717, 1.165) is 22.6 Å². The molecule has 1 N–H and O–H groups in total. The van der Waals surface area contributed by atoms with Gasteiger partial charge in [-0.05, 0) is 35.7 Å². The Labute approximate surface area is 147 Å². The van der Waals surface area contributed by atoms with Crippen molar-refractivity contribution in [2.45, 2.75) is 19.5 Å². The van der Waals surface area contributed by atoms with E-state index < -0.39 is 16.9 Å². The van der Waals surface area contributed by atoms with Crippen LogP contribution in [0.3, 0.4) is 0 Å². The molecule has 1 amide bonds. The van der Waals surface area contributed by atoms with Crippen LogP contribution < -0.4 is 11.1 Å². The van der Waals surface area contributed by atoms with Crippen molar-refractivity contribution < 1.29 is 9.18 Å². The predicted octanol–water partition coefficient (Wildman–Crippen LogP) is 1.41. The monoisotopic (exact) mass is 353 g/mol. The molecule has 3 aromatic rings. The molecule has 0 unspecified atom stereocenters. The van der Waals surface area contributed by atoms with Gasteiger partial charge in [0.1, 0.15) is 12.4 Å². The quantitative estimate of drug-likeness (QED) is 0.708. The molecule has 0 fully saturated rings. The van der Waals surface area contributed by atoms with E-state index in [2.05, 4.69) is 4.98 Å². The molecule has 1 aliphatic rings. The first-order chi connectivity index (χ1) is 12.5. The number of amides is 1. The van der Waals surface area contributed by atoms with Crippen molar-refractivity contribution in [2.24, 2.45) is 0 Å². The lowest BCUT2D eigenvalue weighted by Gasteiger charge is -2.29. The fourth-order valence-electron chi connectivity index (χ4n) is 3.35. The van der Waals surface area contributed by atoms with Crippen molar-refractivity contribution in [1.29, 1.82) is 0 Å². The van der Waals surface area contributed by atoms with E-state index in [4.69, 9.17) is 0 Å². The van der Waals surface area contributed by atoms with Gasteiger partial charge in [0.05, 0.1) is 11.0 Å². The zero-order chi connectivity index (χ0) is 18.3. The molecular formula is C19H16FN3O3. The second kappa shape index (κ2) is 6.25. The molecule has 0 bridgehead atoms. The van der Waals surface area contributed by atoms with Gasteiger partial charge in [-0.25, -0.2) is 4.39 Å². The Morgan fingerprint density at radius 1 is 1.12 bits per heavy atom. The third-order valence-corrected chi connectivity index (χ3v) is 4.71. The highest BCUT2D eigenvalue weighted by atomic mass is 19.1. The van der Waals surface area contributed by atoms with E-state index in [9.17, 15) is 18.8 Å². The number of rotatable bonds is 2. The van der Waals surface area contributed by atoms with Crippen LogP contribution in [0.15, 0.2) is 52.1 Å². The second-order valence-corrected chi connectivity index (χ2v) is 6.34. The predicted molar refractivity (Wildman–Crippen MR) is 94.3 cm³/mol. The van der Waals surface area contributed by atoms with Crippen LogP contribution in [0.25, 0.3) is 11.0 Å². The van der Waals surface area contributed by atoms with Crippen LogP contribution in [0.1, 0.15) is 11.1 Å². The smallest absolute Gasteiger partial charge is 0.317 e. The second-order valence-electron chi connectivity index (χ2n) is 6.34. The highest BCUT2D eigenvalue weighted by Crippen LogP contribution is 2.19. The molecule has 0 spiro atoms. The Morgan fingerprint density at radius 3 is 2.69 bits per heavy atom. The fraction of sp³-hybridized carbons (Fsp3) is 0.211. The number of fused-ring (bicyclic) bond motifs is 2. The first kappa shape index (κ1) is 16.3. The van der Waals surface area contributed by atoms with Crippen molar-refractivity contribution >= 4 is 16.9 Å². The molecule has 7 heteroatoms. The number of halogens is 1. The van der Waals surface area contributed by atoms with Crippen LogP contribution in [-0.4, -0.2) is 26.9 Å². The van der Waals surface area contributed by atoms with Crippen molar-refractivity contribution in [3.8, 4) is 0 Å². The fourth-order valence-corrected chi connectivity index (χ4v) is 3.35. The van der Waals surface area contributed by atoms with Crippen LogP contribution in [-0.2, 0) is 24.3 Å². The van der Waals surface area contributed by atoms with E-state index in [1.54, 1.807) is 4.90 Å². The molecule has 1 aromatic heterocycles. The number of carbonyl (C=O) groups excluding carboxylic acids is 1. The minimum Gasteiger partial charge on any atom is -0.336 e. The molecule has 2 heterocycles. The number of nitrogens with zero attached hydrogens (tertiary/aromatic N) is 2.